The maximum atomic E-state index is 12.0. The summed E-state index contributed by atoms with van der Waals surface area (Å²) in [5, 5.41) is 12.7. The lowest BCUT2D eigenvalue weighted by Gasteiger charge is -2.08. The Labute approximate surface area is 156 Å². The summed E-state index contributed by atoms with van der Waals surface area (Å²) in [6.07, 6.45) is 0. The van der Waals surface area contributed by atoms with Gasteiger partial charge in [0, 0.05) is 17.5 Å². The molecule has 0 fully saturated rings. The smallest absolute Gasteiger partial charge is 0.274 e. The van der Waals surface area contributed by atoms with E-state index in [1.165, 1.54) is 7.11 Å². The Balaban J connectivity index is 0.00000243. The molecule has 1 aromatic heterocycles. The maximum absolute atomic E-state index is 12.0. The van der Waals surface area contributed by atoms with Crippen LogP contribution >= 0.6 is 12.4 Å². The zero-order chi connectivity index (χ0) is 18.0. The first-order valence-electron chi connectivity index (χ1n) is 7.30. The summed E-state index contributed by atoms with van der Waals surface area (Å²) < 4.78 is 29.2. The molecule has 0 radical (unpaired) electrons. The van der Waals surface area contributed by atoms with Gasteiger partial charge < -0.3 is 4.74 Å². The van der Waals surface area contributed by atoms with Crippen LogP contribution in [0.2, 0.25) is 0 Å². The third-order valence-corrected chi connectivity index (χ3v) is 4.25. The van der Waals surface area contributed by atoms with E-state index in [2.05, 4.69) is 14.9 Å². The molecule has 0 aliphatic rings. The molecule has 3 rings (SSSR count). The molecule has 0 unspecified atom stereocenters. The molecule has 0 atom stereocenters. The van der Waals surface area contributed by atoms with Crippen molar-refractivity contribution >= 4 is 33.4 Å². The number of nitrogens with two attached hydrogens (primary N) is 1. The molecular weight excluding hydrogens is 380 g/mol. The van der Waals surface area contributed by atoms with Gasteiger partial charge in [-0.15, -0.1) is 12.4 Å². The Hall–Kier alpha value is -2.46. The number of hydrogen-bond donors (Lipinski definition) is 3. The van der Waals surface area contributed by atoms with E-state index in [1.807, 2.05) is 0 Å². The SMILES string of the molecule is COc1ccc2c(-c3ccc(CNS(N)(=O)=O)cc3)n[nH]c(=O)c2c1.Cl. The van der Waals surface area contributed by atoms with Crippen LogP contribution in [0.4, 0.5) is 0 Å². The molecule has 138 valence electrons. The fourth-order valence-corrected chi connectivity index (χ4v) is 2.82. The molecule has 0 amide bonds. The van der Waals surface area contributed by atoms with Gasteiger partial charge in [-0.2, -0.15) is 18.2 Å². The summed E-state index contributed by atoms with van der Waals surface area (Å²) in [5.41, 5.74) is 1.84. The minimum absolute atomic E-state index is 0. The first-order chi connectivity index (χ1) is 11.9. The molecule has 10 heteroatoms. The van der Waals surface area contributed by atoms with E-state index in [4.69, 9.17) is 9.88 Å². The van der Waals surface area contributed by atoms with Gasteiger partial charge >= 0.3 is 0 Å². The monoisotopic (exact) mass is 396 g/mol. The van der Waals surface area contributed by atoms with Crippen molar-refractivity contribution in [2.24, 2.45) is 5.14 Å². The van der Waals surface area contributed by atoms with Gasteiger partial charge in [0.15, 0.2) is 0 Å². The second-order valence-corrected chi connectivity index (χ2v) is 6.75. The quantitative estimate of drug-likeness (QED) is 0.599. The first kappa shape index (κ1) is 19.9. The number of nitrogens with one attached hydrogen (secondary N) is 2. The van der Waals surface area contributed by atoms with E-state index >= 15 is 0 Å². The van der Waals surface area contributed by atoms with Gasteiger partial charge in [0.05, 0.1) is 18.2 Å². The van der Waals surface area contributed by atoms with Crippen LogP contribution in [-0.2, 0) is 16.8 Å². The molecule has 0 spiro atoms. The van der Waals surface area contributed by atoms with Gasteiger partial charge in [0.25, 0.3) is 15.8 Å². The van der Waals surface area contributed by atoms with Crippen LogP contribution < -0.4 is 20.2 Å². The molecule has 3 aromatic rings. The summed E-state index contributed by atoms with van der Waals surface area (Å²) in [4.78, 5) is 12.0. The molecule has 0 saturated carbocycles. The number of hydrogen-bond acceptors (Lipinski definition) is 5. The number of nitrogens with zero attached hydrogens (tertiary/aromatic N) is 1. The van der Waals surface area contributed by atoms with Crippen molar-refractivity contribution in [3.05, 3.63) is 58.4 Å². The van der Waals surface area contributed by atoms with Gasteiger partial charge in [0.1, 0.15) is 5.75 Å². The highest BCUT2D eigenvalue weighted by Gasteiger charge is 2.10. The summed E-state index contributed by atoms with van der Waals surface area (Å²) in [6, 6.07) is 12.3. The second-order valence-electron chi connectivity index (χ2n) is 5.38. The van der Waals surface area contributed by atoms with E-state index in [1.54, 1.807) is 42.5 Å². The lowest BCUT2D eigenvalue weighted by molar-refractivity contribution is 0.415. The van der Waals surface area contributed by atoms with Crippen LogP contribution in [0.25, 0.3) is 22.0 Å². The molecule has 0 saturated heterocycles. The highest BCUT2D eigenvalue weighted by atomic mass is 35.5. The van der Waals surface area contributed by atoms with Crippen LogP contribution in [0.3, 0.4) is 0 Å². The van der Waals surface area contributed by atoms with Crippen molar-refractivity contribution < 1.29 is 13.2 Å². The summed E-state index contributed by atoms with van der Waals surface area (Å²) in [5.74, 6) is 0.583. The van der Waals surface area contributed by atoms with E-state index in [0.717, 1.165) is 11.1 Å². The van der Waals surface area contributed by atoms with Crippen molar-refractivity contribution in [3.8, 4) is 17.0 Å². The van der Waals surface area contributed by atoms with Crippen molar-refractivity contribution in [1.29, 1.82) is 0 Å². The van der Waals surface area contributed by atoms with E-state index in [0.29, 0.717) is 22.2 Å². The van der Waals surface area contributed by atoms with Crippen molar-refractivity contribution in [3.63, 3.8) is 0 Å². The fourth-order valence-electron chi connectivity index (χ4n) is 2.46. The average Bonchev–Trinajstić information content (AvgIpc) is 2.60. The van der Waals surface area contributed by atoms with Gasteiger partial charge in [0.2, 0.25) is 0 Å². The highest BCUT2D eigenvalue weighted by Crippen LogP contribution is 2.27. The largest absolute Gasteiger partial charge is 0.497 e. The number of aromatic nitrogens is 2. The van der Waals surface area contributed by atoms with Crippen LogP contribution in [0.1, 0.15) is 5.56 Å². The lowest BCUT2D eigenvalue weighted by Crippen LogP contribution is -2.30. The number of H-pyrrole nitrogens is 1. The van der Waals surface area contributed by atoms with Crippen molar-refractivity contribution in [2.45, 2.75) is 6.54 Å². The maximum Gasteiger partial charge on any atom is 0.274 e. The Morgan fingerprint density at radius 3 is 2.46 bits per heavy atom. The number of rotatable bonds is 5. The first-order valence-corrected chi connectivity index (χ1v) is 8.85. The number of halogens is 1. The van der Waals surface area contributed by atoms with Crippen LogP contribution in [0.5, 0.6) is 5.75 Å². The molecule has 0 aliphatic heterocycles. The van der Waals surface area contributed by atoms with Crippen LogP contribution in [-0.4, -0.2) is 25.7 Å². The number of ether oxygens (including phenoxy) is 1. The fraction of sp³-hybridized carbons (Fsp3) is 0.125. The Kier molecular flexibility index (Phi) is 5.98. The standard InChI is InChI=1S/C16H16N4O4S.ClH/c1-24-12-6-7-13-14(8-12)16(21)20-19-15(13)11-4-2-10(3-5-11)9-18-25(17,22)23;/h2-8,18H,9H2,1H3,(H,20,21)(H2,17,22,23);1H. The molecule has 0 bridgehead atoms. The third kappa shape index (κ3) is 4.38. The summed E-state index contributed by atoms with van der Waals surface area (Å²) >= 11 is 0. The Morgan fingerprint density at radius 2 is 1.85 bits per heavy atom. The number of fused-ring (bicyclic) bond motifs is 1. The second kappa shape index (κ2) is 7.83. The zero-order valence-electron chi connectivity index (χ0n) is 13.7. The van der Waals surface area contributed by atoms with E-state index in [-0.39, 0.29) is 24.5 Å². The zero-order valence-corrected chi connectivity index (χ0v) is 15.4. The minimum atomic E-state index is -3.74. The molecule has 4 N–H and O–H groups in total. The Morgan fingerprint density at radius 1 is 1.15 bits per heavy atom. The van der Waals surface area contributed by atoms with E-state index < -0.39 is 10.2 Å². The van der Waals surface area contributed by atoms with Crippen molar-refractivity contribution in [2.75, 3.05) is 7.11 Å². The average molecular weight is 397 g/mol. The molecule has 26 heavy (non-hydrogen) atoms. The topological polar surface area (TPSA) is 127 Å². The molecule has 1 heterocycles. The highest BCUT2D eigenvalue weighted by molar-refractivity contribution is 7.87. The number of benzene rings is 2. The lowest BCUT2D eigenvalue weighted by atomic mass is 10.0. The predicted molar refractivity (Wildman–Crippen MR) is 102 cm³/mol. The number of aromatic amines is 1. The molecule has 2 aromatic carbocycles. The minimum Gasteiger partial charge on any atom is -0.497 e. The number of methoxy groups -OCH3 is 1. The van der Waals surface area contributed by atoms with Gasteiger partial charge in [-0.3, -0.25) is 4.79 Å². The van der Waals surface area contributed by atoms with E-state index in [9.17, 15) is 13.2 Å². The molecule has 0 aliphatic carbocycles. The van der Waals surface area contributed by atoms with Gasteiger partial charge in [-0.1, -0.05) is 24.3 Å². The molecular formula is C16H17ClN4O4S. The van der Waals surface area contributed by atoms with Crippen LogP contribution in [0.15, 0.2) is 47.3 Å². The third-order valence-electron chi connectivity index (χ3n) is 3.70. The summed E-state index contributed by atoms with van der Waals surface area (Å²) in [6.45, 7) is 0.0934. The molecule has 8 nitrogen and oxygen atoms in total. The van der Waals surface area contributed by atoms with Crippen LogP contribution in [0, 0.1) is 0 Å². The summed E-state index contributed by atoms with van der Waals surface area (Å²) in [7, 11) is -2.21. The predicted octanol–water partition coefficient (Wildman–Crippen LogP) is 1.31. The normalized spacial score (nSPS) is 11.2. The van der Waals surface area contributed by atoms with Gasteiger partial charge in [-0.05, 0) is 23.8 Å². The Bertz CT molecular complexity index is 1080. The van der Waals surface area contributed by atoms with Crippen molar-refractivity contribution in [1.82, 2.24) is 14.9 Å². The van der Waals surface area contributed by atoms with Gasteiger partial charge in [-0.25, -0.2) is 10.2 Å².